The molecule has 0 saturated carbocycles. The molecule has 0 radical (unpaired) electrons. The smallest absolute Gasteiger partial charge is 0.260 e. The van der Waals surface area contributed by atoms with Gasteiger partial charge in [0, 0.05) is 28.6 Å². The van der Waals surface area contributed by atoms with Gasteiger partial charge >= 0.3 is 0 Å². The summed E-state index contributed by atoms with van der Waals surface area (Å²) in [7, 11) is 0. The van der Waals surface area contributed by atoms with Gasteiger partial charge in [0.2, 0.25) is 0 Å². The fourth-order valence-corrected chi connectivity index (χ4v) is 2.82. The summed E-state index contributed by atoms with van der Waals surface area (Å²) in [5.74, 6) is -0.308. The van der Waals surface area contributed by atoms with Crippen molar-refractivity contribution in [2.75, 3.05) is 5.32 Å². The first kappa shape index (κ1) is 12.3. The quantitative estimate of drug-likeness (QED) is 0.600. The predicted octanol–water partition coefficient (Wildman–Crippen LogP) is 3.22. The molecule has 0 atom stereocenters. The molecule has 0 saturated heterocycles. The van der Waals surface area contributed by atoms with Crippen molar-refractivity contribution in [3.63, 3.8) is 0 Å². The van der Waals surface area contributed by atoms with Gasteiger partial charge in [0.15, 0.2) is 0 Å². The molecular formula is C15H8ClFN2O2. The van der Waals surface area contributed by atoms with Crippen molar-refractivity contribution in [2.45, 2.75) is 6.61 Å². The predicted molar refractivity (Wildman–Crippen MR) is 75.9 cm³/mol. The molecule has 104 valence electrons. The van der Waals surface area contributed by atoms with Gasteiger partial charge in [-0.3, -0.25) is 4.79 Å². The van der Waals surface area contributed by atoms with Crippen molar-refractivity contribution < 1.29 is 13.9 Å². The fraction of sp³-hybridized carbons (Fsp3) is 0.0667. The summed E-state index contributed by atoms with van der Waals surface area (Å²) >= 11 is 6.03. The number of nitrogens with one attached hydrogen (secondary N) is 1. The largest absolute Gasteiger partial charge is 0.487 e. The van der Waals surface area contributed by atoms with Crippen LogP contribution in [0.4, 0.5) is 10.1 Å². The Morgan fingerprint density at radius 1 is 1.29 bits per heavy atom. The zero-order valence-corrected chi connectivity index (χ0v) is 11.4. The maximum atomic E-state index is 13.5. The van der Waals surface area contributed by atoms with Gasteiger partial charge in [0.25, 0.3) is 5.91 Å². The number of rotatable bonds is 0. The van der Waals surface area contributed by atoms with Crippen LogP contribution in [0.1, 0.15) is 16.7 Å². The van der Waals surface area contributed by atoms with Crippen LogP contribution in [0.3, 0.4) is 0 Å². The number of fused-ring (bicyclic) bond motifs is 2. The van der Waals surface area contributed by atoms with E-state index in [1.54, 1.807) is 12.3 Å². The molecule has 1 aromatic carbocycles. The van der Waals surface area contributed by atoms with Crippen LogP contribution in [0, 0.1) is 5.82 Å². The molecule has 1 N–H and O–H groups in total. The number of halogens is 2. The minimum atomic E-state index is -0.408. The Labute approximate surface area is 124 Å². The third kappa shape index (κ3) is 1.74. The van der Waals surface area contributed by atoms with Crippen LogP contribution in [0.2, 0.25) is 5.15 Å². The zero-order chi connectivity index (χ0) is 14.6. The van der Waals surface area contributed by atoms with E-state index >= 15 is 0 Å². The Morgan fingerprint density at radius 2 is 2.14 bits per heavy atom. The Balaban J connectivity index is 1.99. The number of carbonyl (C=O) groups excluding carboxylic acids is 1. The number of carbonyl (C=O) groups is 1. The first-order chi connectivity index (χ1) is 10.1. The molecule has 0 fully saturated rings. The van der Waals surface area contributed by atoms with E-state index in [9.17, 15) is 9.18 Å². The average Bonchev–Trinajstić information content (AvgIpc) is 3.00. The Kier molecular flexibility index (Phi) is 2.53. The molecule has 2 aliphatic rings. The lowest BCUT2D eigenvalue weighted by molar-refractivity contribution is -0.110. The minimum absolute atomic E-state index is 0.249. The van der Waals surface area contributed by atoms with Crippen LogP contribution < -0.4 is 5.32 Å². The summed E-state index contributed by atoms with van der Waals surface area (Å²) < 4.78 is 19.1. The fourth-order valence-electron chi connectivity index (χ4n) is 2.61. The van der Waals surface area contributed by atoms with E-state index in [1.165, 1.54) is 18.2 Å². The Hall–Kier alpha value is -2.40. The number of anilines is 1. The summed E-state index contributed by atoms with van der Waals surface area (Å²) in [5, 5.41) is 3.05. The van der Waals surface area contributed by atoms with Crippen LogP contribution in [0.15, 0.2) is 30.5 Å². The maximum absolute atomic E-state index is 13.5. The molecule has 4 nitrogen and oxygen atoms in total. The summed E-state index contributed by atoms with van der Waals surface area (Å²) in [5.41, 5.74) is 2.85. The highest BCUT2D eigenvalue weighted by molar-refractivity contribution is 6.36. The van der Waals surface area contributed by atoms with Crippen molar-refractivity contribution in [2.24, 2.45) is 0 Å². The molecule has 0 bridgehead atoms. The molecule has 2 aromatic rings. The van der Waals surface area contributed by atoms with Gasteiger partial charge in [-0.15, -0.1) is 0 Å². The molecule has 1 aromatic heterocycles. The van der Waals surface area contributed by atoms with E-state index in [0.29, 0.717) is 27.7 Å². The van der Waals surface area contributed by atoms with E-state index in [0.717, 1.165) is 11.1 Å². The van der Waals surface area contributed by atoms with Crippen LogP contribution in [-0.2, 0) is 16.1 Å². The van der Waals surface area contributed by atoms with Crippen molar-refractivity contribution in [3.8, 4) is 0 Å². The molecule has 0 aliphatic carbocycles. The third-order valence-corrected chi connectivity index (χ3v) is 3.89. The summed E-state index contributed by atoms with van der Waals surface area (Å²) in [4.78, 5) is 16.2. The highest BCUT2D eigenvalue weighted by Crippen LogP contribution is 2.42. The molecule has 0 unspecified atom stereocenters. The van der Waals surface area contributed by atoms with Gasteiger partial charge < -0.3 is 10.1 Å². The van der Waals surface area contributed by atoms with Gasteiger partial charge in [0.05, 0.1) is 5.57 Å². The standard InChI is InChI=1S/C15H8ClFN2O2/c16-14-10-6-21-13(8(10)3-4-18-14)12-9-5-7(17)1-2-11(9)19-15(12)20/h1-5H,6H2,(H,19,20). The van der Waals surface area contributed by atoms with Crippen LogP contribution in [-0.4, -0.2) is 10.9 Å². The van der Waals surface area contributed by atoms with Crippen LogP contribution in [0.5, 0.6) is 0 Å². The molecular weight excluding hydrogens is 295 g/mol. The maximum Gasteiger partial charge on any atom is 0.260 e. The lowest BCUT2D eigenvalue weighted by Crippen LogP contribution is -2.05. The summed E-state index contributed by atoms with van der Waals surface area (Å²) in [6.45, 7) is 0.249. The summed E-state index contributed by atoms with van der Waals surface area (Å²) in [6, 6.07) is 5.89. The number of nitrogens with zero attached hydrogens (tertiary/aromatic N) is 1. The SMILES string of the molecule is O=C1Nc2ccc(F)cc2C1=C1OCc2c1ccnc2Cl. The van der Waals surface area contributed by atoms with Crippen molar-refractivity contribution in [1.29, 1.82) is 0 Å². The summed E-state index contributed by atoms with van der Waals surface area (Å²) in [6.07, 6.45) is 1.55. The van der Waals surface area contributed by atoms with Crippen molar-refractivity contribution in [1.82, 2.24) is 4.98 Å². The van der Waals surface area contributed by atoms with Gasteiger partial charge in [-0.25, -0.2) is 9.37 Å². The molecule has 4 rings (SSSR count). The van der Waals surface area contributed by atoms with Crippen LogP contribution in [0.25, 0.3) is 11.3 Å². The Bertz CT molecular complexity index is 832. The number of aromatic nitrogens is 1. The lowest BCUT2D eigenvalue weighted by atomic mass is 10.0. The highest BCUT2D eigenvalue weighted by atomic mass is 35.5. The van der Waals surface area contributed by atoms with Gasteiger partial charge in [-0.1, -0.05) is 11.6 Å². The molecule has 0 spiro atoms. The second-order valence-corrected chi connectivity index (χ2v) is 5.12. The minimum Gasteiger partial charge on any atom is -0.487 e. The number of hydrogen-bond acceptors (Lipinski definition) is 3. The third-order valence-electron chi connectivity index (χ3n) is 3.56. The van der Waals surface area contributed by atoms with Gasteiger partial charge in [-0.05, 0) is 24.3 Å². The van der Waals surface area contributed by atoms with Gasteiger partial charge in [0.1, 0.15) is 23.3 Å². The Morgan fingerprint density at radius 3 is 3.00 bits per heavy atom. The van der Waals surface area contributed by atoms with Crippen molar-refractivity contribution in [3.05, 3.63) is 58.1 Å². The average molecular weight is 303 g/mol. The zero-order valence-electron chi connectivity index (χ0n) is 10.6. The first-order valence-corrected chi connectivity index (χ1v) is 6.65. The van der Waals surface area contributed by atoms with E-state index < -0.39 is 5.82 Å². The molecule has 3 heterocycles. The second-order valence-electron chi connectivity index (χ2n) is 4.76. The number of pyridine rings is 1. The van der Waals surface area contributed by atoms with E-state index in [1.807, 2.05) is 0 Å². The lowest BCUT2D eigenvalue weighted by Gasteiger charge is -2.05. The molecule has 1 amide bonds. The van der Waals surface area contributed by atoms with E-state index in [2.05, 4.69) is 10.3 Å². The number of amides is 1. The van der Waals surface area contributed by atoms with Gasteiger partial charge in [-0.2, -0.15) is 0 Å². The normalized spacial score (nSPS) is 19.0. The van der Waals surface area contributed by atoms with Crippen LogP contribution >= 0.6 is 11.6 Å². The molecule has 6 heteroatoms. The van der Waals surface area contributed by atoms with E-state index in [4.69, 9.17) is 16.3 Å². The van der Waals surface area contributed by atoms with E-state index in [-0.39, 0.29) is 12.5 Å². The number of ether oxygens (including phenoxy) is 1. The molecule has 2 aliphatic heterocycles. The topological polar surface area (TPSA) is 51.2 Å². The first-order valence-electron chi connectivity index (χ1n) is 6.27. The number of hydrogen-bond donors (Lipinski definition) is 1. The second kappa shape index (κ2) is 4.30. The molecule has 21 heavy (non-hydrogen) atoms. The van der Waals surface area contributed by atoms with Crippen molar-refractivity contribution >= 4 is 34.5 Å². The monoisotopic (exact) mass is 302 g/mol. The highest BCUT2D eigenvalue weighted by Gasteiger charge is 2.33. The number of benzene rings is 1.